The first-order valence-electron chi connectivity index (χ1n) is 6.79. The van der Waals surface area contributed by atoms with Crippen molar-refractivity contribution in [1.29, 1.82) is 0 Å². The molecule has 1 amide bonds. The van der Waals surface area contributed by atoms with Gasteiger partial charge in [-0.2, -0.15) is 10.2 Å². The summed E-state index contributed by atoms with van der Waals surface area (Å²) >= 11 is 0. The fourth-order valence-electron chi connectivity index (χ4n) is 2.74. The largest absolute Gasteiger partial charge is 0.336 e. The highest BCUT2D eigenvalue weighted by atomic mass is 16.2. The summed E-state index contributed by atoms with van der Waals surface area (Å²) in [6, 6.07) is 0.215. The Morgan fingerprint density at radius 1 is 1.45 bits per heavy atom. The fraction of sp³-hybridized carbons (Fsp3) is 0.538. The monoisotopic (exact) mass is 274 g/mol. The first-order chi connectivity index (χ1) is 9.65. The summed E-state index contributed by atoms with van der Waals surface area (Å²) in [4.78, 5) is 18.4. The van der Waals surface area contributed by atoms with Gasteiger partial charge in [0.15, 0.2) is 0 Å². The summed E-state index contributed by atoms with van der Waals surface area (Å²) in [5, 5.41) is 8.42. The van der Waals surface area contributed by atoms with Crippen molar-refractivity contribution in [3.05, 3.63) is 30.1 Å². The average Bonchev–Trinajstić information content (AvgIpc) is 3.08. The zero-order valence-corrected chi connectivity index (χ0v) is 11.7. The summed E-state index contributed by atoms with van der Waals surface area (Å²) < 4.78 is 3.52. The van der Waals surface area contributed by atoms with Crippen molar-refractivity contribution in [3.8, 4) is 0 Å². The van der Waals surface area contributed by atoms with Gasteiger partial charge in [-0.15, -0.1) is 0 Å². The van der Waals surface area contributed by atoms with Crippen molar-refractivity contribution >= 4 is 5.91 Å². The molecule has 2 aromatic rings. The highest BCUT2D eigenvalue weighted by Crippen LogP contribution is 2.22. The van der Waals surface area contributed by atoms with Crippen LogP contribution < -0.4 is 0 Å². The molecular formula is C13H18N6O. The van der Waals surface area contributed by atoms with Crippen molar-refractivity contribution < 1.29 is 4.79 Å². The van der Waals surface area contributed by atoms with E-state index in [-0.39, 0.29) is 11.9 Å². The van der Waals surface area contributed by atoms with E-state index in [9.17, 15) is 4.79 Å². The second-order valence-corrected chi connectivity index (χ2v) is 5.22. The van der Waals surface area contributed by atoms with E-state index in [1.54, 1.807) is 17.2 Å². The second-order valence-electron chi connectivity index (χ2n) is 5.22. The number of piperidine rings is 1. The number of carbonyl (C=O) groups is 1. The van der Waals surface area contributed by atoms with E-state index in [2.05, 4.69) is 15.2 Å². The molecule has 2 aromatic heterocycles. The molecule has 1 atom stereocenters. The van der Waals surface area contributed by atoms with E-state index in [0.717, 1.165) is 25.1 Å². The lowest BCUT2D eigenvalue weighted by atomic mass is 10.0. The molecule has 1 saturated heterocycles. The number of nitrogens with zero attached hydrogens (tertiary/aromatic N) is 6. The van der Waals surface area contributed by atoms with Gasteiger partial charge in [-0.3, -0.25) is 9.48 Å². The molecule has 3 heterocycles. The van der Waals surface area contributed by atoms with E-state index in [4.69, 9.17) is 0 Å². The lowest BCUT2D eigenvalue weighted by molar-refractivity contribution is 0.0672. The Balaban J connectivity index is 1.77. The molecule has 7 nitrogen and oxygen atoms in total. The Bertz CT molecular complexity index is 602. The lowest BCUT2D eigenvalue weighted by Gasteiger charge is -2.32. The van der Waals surface area contributed by atoms with Gasteiger partial charge in [-0.05, 0) is 19.8 Å². The van der Waals surface area contributed by atoms with Crippen LogP contribution in [0, 0.1) is 6.92 Å². The number of aryl methyl sites for hydroxylation is 2. The van der Waals surface area contributed by atoms with Gasteiger partial charge in [0.2, 0.25) is 0 Å². The van der Waals surface area contributed by atoms with Gasteiger partial charge in [0.05, 0.1) is 17.3 Å². The van der Waals surface area contributed by atoms with Gasteiger partial charge in [-0.1, -0.05) is 0 Å². The van der Waals surface area contributed by atoms with Gasteiger partial charge in [-0.25, -0.2) is 9.67 Å². The summed E-state index contributed by atoms with van der Waals surface area (Å²) in [6.07, 6.45) is 7.05. The second kappa shape index (κ2) is 5.07. The lowest BCUT2D eigenvalue weighted by Crippen LogP contribution is -2.41. The van der Waals surface area contributed by atoms with Gasteiger partial charge in [0.25, 0.3) is 5.91 Å². The molecule has 3 rings (SSSR count). The van der Waals surface area contributed by atoms with Crippen LogP contribution in [0.5, 0.6) is 0 Å². The maximum Gasteiger partial charge on any atom is 0.257 e. The maximum atomic E-state index is 12.6. The van der Waals surface area contributed by atoms with Crippen LogP contribution in [0.25, 0.3) is 0 Å². The molecule has 1 aliphatic rings. The number of carbonyl (C=O) groups excluding carboxylic acids is 1. The van der Waals surface area contributed by atoms with Crippen molar-refractivity contribution in [2.24, 2.45) is 7.05 Å². The molecule has 0 bridgehead atoms. The van der Waals surface area contributed by atoms with E-state index in [0.29, 0.717) is 12.1 Å². The SMILES string of the molecule is Cc1nn(C)cc1C(=O)N1CCC[C@H](n2cncn2)C1. The molecule has 0 unspecified atom stereocenters. The normalized spacial score (nSPS) is 19.3. The van der Waals surface area contributed by atoms with E-state index < -0.39 is 0 Å². The molecule has 1 aliphatic heterocycles. The number of hydrogen-bond acceptors (Lipinski definition) is 4. The average molecular weight is 274 g/mol. The van der Waals surface area contributed by atoms with Crippen LogP contribution in [0.4, 0.5) is 0 Å². The highest BCUT2D eigenvalue weighted by Gasteiger charge is 2.27. The van der Waals surface area contributed by atoms with E-state index in [1.165, 1.54) is 6.33 Å². The minimum Gasteiger partial charge on any atom is -0.336 e. The Labute approximate surface area is 117 Å². The minimum absolute atomic E-state index is 0.0559. The molecule has 0 saturated carbocycles. The van der Waals surface area contributed by atoms with Crippen molar-refractivity contribution in [2.45, 2.75) is 25.8 Å². The van der Waals surface area contributed by atoms with Gasteiger partial charge in [0.1, 0.15) is 12.7 Å². The molecule has 20 heavy (non-hydrogen) atoms. The van der Waals surface area contributed by atoms with E-state index >= 15 is 0 Å². The van der Waals surface area contributed by atoms with Crippen molar-refractivity contribution in [3.63, 3.8) is 0 Å². The molecule has 7 heteroatoms. The van der Waals surface area contributed by atoms with Gasteiger partial charge >= 0.3 is 0 Å². The third-order valence-corrected chi connectivity index (χ3v) is 3.74. The van der Waals surface area contributed by atoms with Crippen LogP contribution >= 0.6 is 0 Å². The van der Waals surface area contributed by atoms with Crippen LogP contribution in [0.1, 0.15) is 34.9 Å². The Morgan fingerprint density at radius 2 is 2.30 bits per heavy atom. The summed E-state index contributed by atoms with van der Waals surface area (Å²) in [7, 11) is 1.83. The third kappa shape index (κ3) is 2.31. The topological polar surface area (TPSA) is 68.8 Å². The van der Waals surface area contributed by atoms with E-state index in [1.807, 2.05) is 23.6 Å². The maximum absolute atomic E-state index is 12.6. The molecule has 0 aromatic carbocycles. The summed E-state index contributed by atoms with van der Waals surface area (Å²) in [5.74, 6) is 0.0559. The quantitative estimate of drug-likeness (QED) is 0.812. The zero-order valence-electron chi connectivity index (χ0n) is 11.7. The summed E-state index contributed by atoms with van der Waals surface area (Å²) in [5.41, 5.74) is 1.46. The number of aromatic nitrogens is 5. The summed E-state index contributed by atoms with van der Waals surface area (Å²) in [6.45, 7) is 3.33. The molecule has 0 radical (unpaired) electrons. The van der Waals surface area contributed by atoms with Gasteiger partial charge < -0.3 is 4.90 Å². The molecule has 0 N–H and O–H groups in total. The zero-order chi connectivity index (χ0) is 14.1. The van der Waals surface area contributed by atoms with Crippen LogP contribution in [0.15, 0.2) is 18.9 Å². The first kappa shape index (κ1) is 12.8. The van der Waals surface area contributed by atoms with Crippen LogP contribution in [-0.2, 0) is 7.05 Å². The molecule has 0 aliphatic carbocycles. The predicted octanol–water partition coefficient (Wildman–Crippen LogP) is 0.797. The number of amides is 1. The molecule has 1 fully saturated rings. The standard InChI is InChI=1S/C13H18N6O/c1-10-12(7-17(2)16-10)13(20)18-5-3-4-11(6-18)19-9-14-8-15-19/h7-9,11H,3-6H2,1-2H3/t11-/m0/s1. The predicted molar refractivity (Wildman–Crippen MR) is 72.1 cm³/mol. The number of hydrogen-bond donors (Lipinski definition) is 0. The third-order valence-electron chi connectivity index (χ3n) is 3.74. The Hall–Kier alpha value is -2.18. The minimum atomic E-state index is 0.0559. The smallest absolute Gasteiger partial charge is 0.257 e. The van der Waals surface area contributed by atoms with Crippen molar-refractivity contribution in [1.82, 2.24) is 29.4 Å². The van der Waals surface area contributed by atoms with Crippen LogP contribution in [0.3, 0.4) is 0 Å². The first-order valence-corrected chi connectivity index (χ1v) is 6.79. The number of likely N-dealkylation sites (tertiary alicyclic amines) is 1. The number of rotatable bonds is 2. The van der Waals surface area contributed by atoms with Gasteiger partial charge in [0, 0.05) is 26.3 Å². The Kier molecular flexibility index (Phi) is 3.25. The molecule has 0 spiro atoms. The molecule has 106 valence electrons. The van der Waals surface area contributed by atoms with Crippen LogP contribution in [-0.4, -0.2) is 48.4 Å². The fourth-order valence-corrected chi connectivity index (χ4v) is 2.74. The Morgan fingerprint density at radius 3 is 2.95 bits per heavy atom. The molecular weight excluding hydrogens is 256 g/mol. The highest BCUT2D eigenvalue weighted by molar-refractivity contribution is 5.95. The van der Waals surface area contributed by atoms with Crippen molar-refractivity contribution in [2.75, 3.05) is 13.1 Å². The van der Waals surface area contributed by atoms with Crippen LogP contribution in [0.2, 0.25) is 0 Å².